The van der Waals surface area contributed by atoms with Crippen molar-refractivity contribution in [1.82, 2.24) is 4.90 Å². The lowest BCUT2D eigenvalue weighted by Gasteiger charge is -2.33. The molecule has 126 valence electrons. The number of carbonyl (C=O) groups excluding carboxylic acids is 1. The Morgan fingerprint density at radius 1 is 1.21 bits per heavy atom. The number of hydrogen-bond acceptors (Lipinski definition) is 3. The van der Waals surface area contributed by atoms with Crippen LogP contribution in [0.25, 0.3) is 0 Å². The minimum atomic E-state index is -0.168. The van der Waals surface area contributed by atoms with Crippen LogP contribution in [-0.4, -0.2) is 30.5 Å². The van der Waals surface area contributed by atoms with Crippen molar-refractivity contribution < 1.29 is 9.53 Å². The third-order valence-electron chi connectivity index (χ3n) is 4.33. The number of para-hydroxylation sites is 1. The van der Waals surface area contributed by atoms with E-state index in [0.29, 0.717) is 37.6 Å². The zero-order valence-electron chi connectivity index (χ0n) is 13.5. The SMILES string of the molecule is Nc1ccccc1CCC(=O)N1CCOC(c2ccccc2Cl)C1. The van der Waals surface area contributed by atoms with Crippen LogP contribution in [0, 0.1) is 0 Å². The summed E-state index contributed by atoms with van der Waals surface area (Å²) >= 11 is 6.25. The molecule has 0 saturated carbocycles. The molecule has 24 heavy (non-hydrogen) atoms. The normalized spacial score (nSPS) is 17.7. The van der Waals surface area contributed by atoms with E-state index >= 15 is 0 Å². The van der Waals surface area contributed by atoms with Gasteiger partial charge in [-0.3, -0.25) is 4.79 Å². The number of rotatable bonds is 4. The summed E-state index contributed by atoms with van der Waals surface area (Å²) in [6.07, 6.45) is 0.932. The van der Waals surface area contributed by atoms with E-state index in [-0.39, 0.29) is 12.0 Å². The van der Waals surface area contributed by atoms with Crippen LogP contribution < -0.4 is 5.73 Å². The van der Waals surface area contributed by atoms with Gasteiger partial charge in [0.1, 0.15) is 6.10 Å². The molecule has 1 heterocycles. The molecule has 2 aromatic carbocycles. The second-order valence-electron chi connectivity index (χ2n) is 5.92. The molecule has 2 aromatic rings. The highest BCUT2D eigenvalue weighted by molar-refractivity contribution is 6.31. The van der Waals surface area contributed by atoms with Crippen molar-refractivity contribution in [2.24, 2.45) is 0 Å². The molecule has 4 nitrogen and oxygen atoms in total. The first-order chi connectivity index (χ1) is 11.6. The molecule has 2 N–H and O–H groups in total. The van der Waals surface area contributed by atoms with E-state index in [9.17, 15) is 4.79 Å². The molecule has 1 atom stereocenters. The fourth-order valence-corrected chi connectivity index (χ4v) is 3.22. The number of hydrogen-bond donors (Lipinski definition) is 1. The molecule has 0 radical (unpaired) electrons. The number of benzene rings is 2. The van der Waals surface area contributed by atoms with Crippen molar-refractivity contribution in [3.05, 3.63) is 64.7 Å². The predicted molar refractivity (Wildman–Crippen MR) is 95.9 cm³/mol. The smallest absolute Gasteiger partial charge is 0.223 e. The molecule has 1 unspecified atom stereocenters. The fraction of sp³-hybridized carbons (Fsp3) is 0.316. The number of nitrogens with two attached hydrogens (primary N) is 1. The van der Waals surface area contributed by atoms with Gasteiger partial charge in [0.05, 0.1) is 13.2 Å². The van der Waals surface area contributed by atoms with Gasteiger partial charge in [-0.05, 0) is 24.1 Å². The van der Waals surface area contributed by atoms with Crippen molar-refractivity contribution in [1.29, 1.82) is 0 Å². The summed E-state index contributed by atoms with van der Waals surface area (Å²) in [7, 11) is 0. The Kier molecular flexibility index (Phi) is 5.38. The third kappa shape index (κ3) is 3.89. The molecular weight excluding hydrogens is 324 g/mol. The van der Waals surface area contributed by atoms with E-state index in [1.807, 2.05) is 53.4 Å². The first-order valence-corrected chi connectivity index (χ1v) is 8.50. The Bertz CT molecular complexity index is 720. The maximum Gasteiger partial charge on any atom is 0.223 e. The first kappa shape index (κ1) is 16.8. The van der Waals surface area contributed by atoms with Crippen LogP contribution in [0.4, 0.5) is 5.69 Å². The van der Waals surface area contributed by atoms with Gasteiger partial charge in [-0.15, -0.1) is 0 Å². The molecular formula is C19H21ClN2O2. The second kappa shape index (κ2) is 7.69. The van der Waals surface area contributed by atoms with Crippen LogP contribution in [0.15, 0.2) is 48.5 Å². The van der Waals surface area contributed by atoms with Gasteiger partial charge in [0.2, 0.25) is 5.91 Å². The highest BCUT2D eigenvalue weighted by Crippen LogP contribution is 2.28. The van der Waals surface area contributed by atoms with E-state index in [1.165, 1.54) is 0 Å². The molecule has 5 heteroatoms. The van der Waals surface area contributed by atoms with E-state index in [2.05, 4.69) is 0 Å². The van der Waals surface area contributed by atoms with Gasteiger partial charge < -0.3 is 15.4 Å². The Morgan fingerprint density at radius 3 is 2.75 bits per heavy atom. The Labute approximate surface area is 147 Å². The van der Waals surface area contributed by atoms with Crippen molar-refractivity contribution in [3.63, 3.8) is 0 Å². The lowest BCUT2D eigenvalue weighted by molar-refractivity contribution is -0.139. The number of carbonyl (C=O) groups is 1. The molecule has 1 saturated heterocycles. The maximum absolute atomic E-state index is 12.5. The number of halogens is 1. The summed E-state index contributed by atoms with van der Waals surface area (Å²) in [6.45, 7) is 1.67. The van der Waals surface area contributed by atoms with E-state index in [0.717, 1.165) is 16.8 Å². The molecule has 0 spiro atoms. The van der Waals surface area contributed by atoms with Crippen LogP contribution in [0.3, 0.4) is 0 Å². The van der Waals surface area contributed by atoms with Gasteiger partial charge in [0, 0.05) is 29.2 Å². The summed E-state index contributed by atoms with van der Waals surface area (Å²) in [5, 5.41) is 0.675. The average molecular weight is 345 g/mol. The Balaban J connectivity index is 1.61. The first-order valence-electron chi connectivity index (χ1n) is 8.12. The largest absolute Gasteiger partial charge is 0.399 e. The van der Waals surface area contributed by atoms with Crippen LogP contribution in [0.5, 0.6) is 0 Å². The molecule has 1 aliphatic heterocycles. The third-order valence-corrected chi connectivity index (χ3v) is 4.68. The molecule has 1 aliphatic rings. The number of nitrogen functional groups attached to an aromatic ring is 1. The van der Waals surface area contributed by atoms with Crippen LogP contribution in [-0.2, 0) is 16.0 Å². The number of aryl methyl sites for hydroxylation is 1. The monoisotopic (exact) mass is 344 g/mol. The van der Waals surface area contributed by atoms with Crippen LogP contribution >= 0.6 is 11.6 Å². The Morgan fingerprint density at radius 2 is 1.96 bits per heavy atom. The number of ether oxygens (including phenoxy) is 1. The average Bonchev–Trinajstić information content (AvgIpc) is 2.61. The van der Waals surface area contributed by atoms with Gasteiger partial charge >= 0.3 is 0 Å². The quantitative estimate of drug-likeness (QED) is 0.864. The molecule has 0 aromatic heterocycles. The van der Waals surface area contributed by atoms with Gasteiger partial charge in [-0.2, -0.15) is 0 Å². The zero-order chi connectivity index (χ0) is 16.9. The zero-order valence-corrected chi connectivity index (χ0v) is 14.2. The van der Waals surface area contributed by atoms with Crippen LogP contribution in [0.2, 0.25) is 5.02 Å². The summed E-state index contributed by atoms with van der Waals surface area (Å²) in [6, 6.07) is 15.3. The van der Waals surface area contributed by atoms with Gasteiger partial charge in [-0.25, -0.2) is 0 Å². The van der Waals surface area contributed by atoms with Crippen molar-refractivity contribution in [2.75, 3.05) is 25.4 Å². The summed E-state index contributed by atoms with van der Waals surface area (Å²) in [5.74, 6) is 0.124. The maximum atomic E-state index is 12.5. The van der Waals surface area contributed by atoms with Crippen molar-refractivity contribution in [2.45, 2.75) is 18.9 Å². The van der Waals surface area contributed by atoms with E-state index in [1.54, 1.807) is 0 Å². The molecule has 3 rings (SSSR count). The predicted octanol–water partition coefficient (Wildman–Crippen LogP) is 3.45. The van der Waals surface area contributed by atoms with Gasteiger partial charge in [0.25, 0.3) is 0 Å². The van der Waals surface area contributed by atoms with Gasteiger partial charge in [-0.1, -0.05) is 48.0 Å². The molecule has 0 aliphatic carbocycles. The minimum Gasteiger partial charge on any atom is -0.399 e. The lowest BCUT2D eigenvalue weighted by Crippen LogP contribution is -2.42. The van der Waals surface area contributed by atoms with Crippen molar-refractivity contribution >= 4 is 23.2 Å². The van der Waals surface area contributed by atoms with Gasteiger partial charge in [0.15, 0.2) is 0 Å². The molecule has 1 fully saturated rings. The van der Waals surface area contributed by atoms with E-state index in [4.69, 9.17) is 22.1 Å². The highest BCUT2D eigenvalue weighted by Gasteiger charge is 2.26. The highest BCUT2D eigenvalue weighted by atomic mass is 35.5. The second-order valence-corrected chi connectivity index (χ2v) is 6.33. The number of morpholine rings is 1. The fourth-order valence-electron chi connectivity index (χ4n) is 2.96. The number of nitrogens with zero attached hydrogens (tertiary/aromatic N) is 1. The summed E-state index contributed by atoms with van der Waals surface area (Å²) in [4.78, 5) is 14.4. The Hall–Kier alpha value is -2.04. The number of anilines is 1. The minimum absolute atomic E-state index is 0.124. The standard InChI is InChI=1S/C19H21ClN2O2/c20-16-7-3-2-6-15(16)18-13-22(11-12-24-18)19(23)10-9-14-5-1-4-8-17(14)21/h1-8,18H,9-13,21H2. The summed E-state index contributed by atoms with van der Waals surface area (Å²) < 4.78 is 5.81. The molecule has 0 bridgehead atoms. The van der Waals surface area contributed by atoms with E-state index < -0.39 is 0 Å². The lowest BCUT2D eigenvalue weighted by atomic mass is 10.1. The van der Waals surface area contributed by atoms with Crippen molar-refractivity contribution in [3.8, 4) is 0 Å². The number of amides is 1. The van der Waals surface area contributed by atoms with Crippen LogP contribution in [0.1, 0.15) is 23.7 Å². The molecule has 1 amide bonds. The summed E-state index contributed by atoms with van der Waals surface area (Å²) in [5.41, 5.74) is 8.63. The topological polar surface area (TPSA) is 55.6 Å².